The minimum atomic E-state index is -0.627. The van der Waals surface area contributed by atoms with Crippen molar-refractivity contribution in [1.82, 2.24) is 15.8 Å². The number of carbonyl (C=O) groups excluding carboxylic acids is 2. The van der Waals surface area contributed by atoms with Crippen LogP contribution in [0.5, 0.6) is 0 Å². The van der Waals surface area contributed by atoms with Crippen molar-refractivity contribution in [2.24, 2.45) is 0 Å². The second-order valence-electron chi connectivity index (χ2n) is 6.95. The molecule has 0 atom stereocenters. The first kappa shape index (κ1) is 17.6. The number of carbonyl (C=O) groups is 2. The molecule has 1 aliphatic carbocycles. The number of hydrazine groups is 1. The number of aromatic nitrogens is 1. The van der Waals surface area contributed by atoms with Crippen LogP contribution in [0.3, 0.4) is 0 Å². The van der Waals surface area contributed by atoms with Gasteiger partial charge in [-0.1, -0.05) is 54.8 Å². The van der Waals surface area contributed by atoms with Crippen LogP contribution in [-0.4, -0.2) is 16.8 Å². The molecule has 0 aliphatic heterocycles. The van der Waals surface area contributed by atoms with Crippen LogP contribution < -0.4 is 10.9 Å². The highest BCUT2D eigenvalue weighted by molar-refractivity contribution is 6.30. The van der Waals surface area contributed by atoms with Gasteiger partial charge in [0.1, 0.15) is 0 Å². The highest BCUT2D eigenvalue weighted by atomic mass is 35.5. The van der Waals surface area contributed by atoms with E-state index in [0.717, 1.165) is 42.1 Å². The van der Waals surface area contributed by atoms with Gasteiger partial charge in [-0.3, -0.25) is 20.4 Å². The Hall–Kier alpha value is -2.79. The van der Waals surface area contributed by atoms with Crippen molar-refractivity contribution in [3.05, 3.63) is 70.9 Å². The average molecular weight is 382 g/mol. The Morgan fingerprint density at radius 2 is 1.67 bits per heavy atom. The van der Waals surface area contributed by atoms with Crippen LogP contribution >= 0.6 is 11.6 Å². The Kier molecular flexibility index (Phi) is 4.62. The molecule has 5 nitrogen and oxygen atoms in total. The molecule has 3 aromatic rings. The van der Waals surface area contributed by atoms with Crippen molar-refractivity contribution >= 4 is 34.3 Å². The van der Waals surface area contributed by atoms with Crippen molar-refractivity contribution in [2.75, 3.05) is 0 Å². The highest BCUT2D eigenvalue weighted by Crippen LogP contribution is 2.41. The number of hydrogen-bond acceptors (Lipinski definition) is 2. The molecule has 138 valence electrons. The lowest BCUT2D eigenvalue weighted by Crippen LogP contribution is -2.50. The maximum Gasteiger partial charge on any atom is 0.271 e. The molecule has 4 rings (SSSR count). The molecule has 6 heteroatoms. The first-order chi connectivity index (χ1) is 13.1. The number of aromatic amines is 1. The molecular weight excluding hydrogens is 362 g/mol. The van der Waals surface area contributed by atoms with Gasteiger partial charge in [0, 0.05) is 22.1 Å². The molecule has 2 amide bonds. The molecule has 0 bridgehead atoms. The Labute approximate surface area is 162 Å². The summed E-state index contributed by atoms with van der Waals surface area (Å²) in [6.07, 6.45) is 5.11. The average Bonchev–Trinajstić information content (AvgIpc) is 3.34. The van der Waals surface area contributed by atoms with Crippen LogP contribution in [0.15, 0.2) is 54.7 Å². The number of rotatable bonds is 3. The highest BCUT2D eigenvalue weighted by Gasteiger charge is 2.42. The summed E-state index contributed by atoms with van der Waals surface area (Å²) in [6, 6.07) is 14.9. The van der Waals surface area contributed by atoms with Crippen LogP contribution in [0, 0.1) is 0 Å². The number of para-hydroxylation sites is 1. The monoisotopic (exact) mass is 381 g/mol. The third-order valence-electron chi connectivity index (χ3n) is 5.41. The van der Waals surface area contributed by atoms with Crippen molar-refractivity contribution in [3.63, 3.8) is 0 Å². The molecule has 27 heavy (non-hydrogen) atoms. The third kappa shape index (κ3) is 3.19. The minimum absolute atomic E-state index is 0.185. The molecule has 3 N–H and O–H groups in total. The van der Waals surface area contributed by atoms with E-state index in [9.17, 15) is 9.59 Å². The Balaban J connectivity index is 1.52. The first-order valence-electron chi connectivity index (χ1n) is 9.03. The largest absolute Gasteiger partial charge is 0.360 e. The summed E-state index contributed by atoms with van der Waals surface area (Å²) >= 11 is 5.99. The molecule has 0 radical (unpaired) electrons. The van der Waals surface area contributed by atoms with Crippen LogP contribution in [0.25, 0.3) is 10.9 Å². The quantitative estimate of drug-likeness (QED) is 0.598. The van der Waals surface area contributed by atoms with E-state index < -0.39 is 5.41 Å². The van der Waals surface area contributed by atoms with Gasteiger partial charge in [-0.25, -0.2) is 0 Å². The molecule has 2 aromatic carbocycles. The number of hydrogen-bond donors (Lipinski definition) is 3. The number of H-pyrrole nitrogens is 1. The Bertz CT molecular complexity index is 988. The Morgan fingerprint density at radius 1 is 0.963 bits per heavy atom. The predicted octanol–water partition coefficient (Wildman–Crippen LogP) is 4.09. The summed E-state index contributed by atoms with van der Waals surface area (Å²) in [7, 11) is 0. The van der Waals surface area contributed by atoms with Crippen LogP contribution in [-0.2, 0) is 10.2 Å². The number of amides is 2. The molecule has 1 saturated carbocycles. The number of nitrogens with one attached hydrogen (secondary N) is 3. The van der Waals surface area contributed by atoms with E-state index in [2.05, 4.69) is 15.8 Å². The molecule has 1 heterocycles. The van der Waals surface area contributed by atoms with Crippen molar-refractivity contribution in [1.29, 1.82) is 0 Å². The van der Waals surface area contributed by atoms with Gasteiger partial charge in [-0.15, -0.1) is 0 Å². The zero-order valence-corrected chi connectivity index (χ0v) is 15.5. The van der Waals surface area contributed by atoms with Crippen molar-refractivity contribution < 1.29 is 9.59 Å². The molecule has 0 saturated heterocycles. The minimum Gasteiger partial charge on any atom is -0.360 e. The summed E-state index contributed by atoms with van der Waals surface area (Å²) in [6.45, 7) is 0. The second kappa shape index (κ2) is 7.08. The first-order valence-corrected chi connectivity index (χ1v) is 9.41. The fraction of sp³-hybridized carbons (Fsp3) is 0.238. The molecule has 0 unspecified atom stereocenters. The van der Waals surface area contributed by atoms with E-state index in [1.807, 2.05) is 36.4 Å². The fourth-order valence-electron chi connectivity index (χ4n) is 3.95. The van der Waals surface area contributed by atoms with E-state index in [-0.39, 0.29) is 11.8 Å². The van der Waals surface area contributed by atoms with Crippen molar-refractivity contribution in [3.8, 4) is 0 Å². The Morgan fingerprint density at radius 3 is 2.41 bits per heavy atom. The molecule has 1 aliphatic rings. The zero-order valence-electron chi connectivity index (χ0n) is 14.7. The van der Waals surface area contributed by atoms with Crippen LogP contribution in [0.1, 0.15) is 41.6 Å². The predicted molar refractivity (Wildman–Crippen MR) is 106 cm³/mol. The topological polar surface area (TPSA) is 74.0 Å². The summed E-state index contributed by atoms with van der Waals surface area (Å²) in [4.78, 5) is 28.6. The van der Waals surface area contributed by atoms with Gasteiger partial charge >= 0.3 is 0 Å². The van der Waals surface area contributed by atoms with Gasteiger partial charge in [-0.05, 0) is 36.6 Å². The zero-order chi connectivity index (χ0) is 18.9. The van der Waals surface area contributed by atoms with E-state index in [0.29, 0.717) is 10.6 Å². The van der Waals surface area contributed by atoms with E-state index in [1.165, 1.54) is 0 Å². The summed E-state index contributed by atoms with van der Waals surface area (Å²) < 4.78 is 0. The van der Waals surface area contributed by atoms with Crippen LogP contribution in [0.4, 0.5) is 0 Å². The van der Waals surface area contributed by atoms with E-state index in [4.69, 9.17) is 11.6 Å². The number of fused-ring (bicyclic) bond motifs is 1. The lowest BCUT2D eigenvalue weighted by Gasteiger charge is -2.28. The molecule has 1 aromatic heterocycles. The maximum absolute atomic E-state index is 13.0. The summed E-state index contributed by atoms with van der Waals surface area (Å²) in [5.41, 5.74) is 6.90. The number of halogens is 1. The third-order valence-corrected chi connectivity index (χ3v) is 5.66. The normalized spacial score (nSPS) is 15.6. The molecular formula is C21H20ClN3O2. The van der Waals surface area contributed by atoms with E-state index >= 15 is 0 Å². The standard InChI is InChI=1S/C21H20ClN3O2/c22-15-9-7-14(8-10-15)21(11-3-4-12-21)20(27)25-24-19(26)17-13-23-18-6-2-1-5-16(17)18/h1-2,5-10,13,23H,3-4,11-12H2,(H,24,26)(H,25,27). The van der Waals surface area contributed by atoms with E-state index in [1.54, 1.807) is 18.3 Å². The van der Waals surface area contributed by atoms with Gasteiger partial charge < -0.3 is 4.98 Å². The fourth-order valence-corrected chi connectivity index (χ4v) is 4.08. The molecule has 1 fully saturated rings. The second-order valence-corrected chi connectivity index (χ2v) is 7.39. The van der Waals surface area contributed by atoms with Gasteiger partial charge in [0.2, 0.25) is 5.91 Å². The van der Waals surface area contributed by atoms with Gasteiger partial charge in [0.05, 0.1) is 11.0 Å². The van der Waals surface area contributed by atoms with Crippen LogP contribution in [0.2, 0.25) is 5.02 Å². The smallest absolute Gasteiger partial charge is 0.271 e. The maximum atomic E-state index is 13.0. The summed E-state index contributed by atoms with van der Waals surface area (Å²) in [5, 5.41) is 1.46. The van der Waals surface area contributed by atoms with Gasteiger partial charge in [0.25, 0.3) is 5.91 Å². The lowest BCUT2D eigenvalue weighted by atomic mass is 9.78. The lowest BCUT2D eigenvalue weighted by molar-refractivity contribution is -0.127. The summed E-state index contributed by atoms with van der Waals surface area (Å²) in [5.74, 6) is -0.527. The van der Waals surface area contributed by atoms with Crippen molar-refractivity contribution in [2.45, 2.75) is 31.1 Å². The van der Waals surface area contributed by atoms with Gasteiger partial charge in [0.15, 0.2) is 0 Å². The SMILES string of the molecule is O=C(NNC(=O)C1(c2ccc(Cl)cc2)CCCC1)c1c[nH]c2ccccc12. The number of benzene rings is 2. The molecule has 0 spiro atoms. The van der Waals surface area contributed by atoms with Gasteiger partial charge in [-0.2, -0.15) is 0 Å².